The number of carbonyl (C=O) groups is 1. The molecule has 0 spiro atoms. The molecule has 1 unspecified atom stereocenters. The largest absolute Gasteiger partial charge is 0.481 e. The molecule has 0 aliphatic carbocycles. The average molecular weight is 233 g/mol. The molecule has 3 N–H and O–H groups in total. The summed E-state index contributed by atoms with van der Waals surface area (Å²) in [6.45, 7) is 1.51. The number of carboxylic acid groups (broad SMARTS) is 1. The van der Waals surface area contributed by atoms with Gasteiger partial charge in [-0.25, -0.2) is 0 Å². The first kappa shape index (κ1) is 15.3. The first-order valence-electron chi connectivity index (χ1n) is 5.75. The minimum atomic E-state index is -0.783. The molecular weight excluding hydrogens is 210 g/mol. The first-order valence-corrected chi connectivity index (χ1v) is 5.75. The topological polar surface area (TPSA) is 81.0 Å². The molecule has 0 saturated heterocycles. The first-order chi connectivity index (χ1) is 7.56. The molecule has 0 fully saturated rings. The third-order valence-electron chi connectivity index (χ3n) is 2.40. The summed E-state index contributed by atoms with van der Waals surface area (Å²) < 4.78 is 0. The molecule has 0 radical (unpaired) electrons. The maximum absolute atomic E-state index is 10.2. The Morgan fingerprint density at radius 3 is 2.56 bits per heavy atom. The molecule has 1 atom stereocenters. The van der Waals surface area contributed by atoms with Gasteiger partial charge in [0.2, 0.25) is 0 Å². The van der Waals surface area contributed by atoms with Crippen LogP contribution in [0.4, 0.5) is 0 Å². The van der Waals surface area contributed by atoms with Crippen LogP contribution in [0.1, 0.15) is 32.1 Å². The van der Waals surface area contributed by atoms with Gasteiger partial charge in [0.25, 0.3) is 0 Å². The van der Waals surface area contributed by atoms with E-state index in [0.29, 0.717) is 25.8 Å². The zero-order valence-electron chi connectivity index (χ0n) is 9.93. The summed E-state index contributed by atoms with van der Waals surface area (Å²) in [5.74, 6) is -0.783. The maximum atomic E-state index is 10.2. The molecule has 0 rings (SSSR count). The highest BCUT2D eigenvalue weighted by Gasteiger charge is 2.08. The third kappa shape index (κ3) is 9.89. The number of unbranched alkanes of at least 4 members (excludes halogenated alkanes) is 1. The summed E-state index contributed by atoms with van der Waals surface area (Å²) in [4.78, 5) is 12.2. The second-order valence-electron chi connectivity index (χ2n) is 4.13. The number of hydrogen-bond donors (Lipinski definition) is 3. The standard InChI is InChI=1S/C11H23NO4/c1-12(7-4-8-13)9-10(14)5-2-3-6-11(15)16/h10,13-14H,2-9H2,1H3,(H,15,16). The Hall–Kier alpha value is -0.650. The van der Waals surface area contributed by atoms with E-state index in [4.69, 9.17) is 10.2 Å². The Balaban J connectivity index is 3.42. The van der Waals surface area contributed by atoms with Crippen molar-refractivity contribution < 1.29 is 20.1 Å². The smallest absolute Gasteiger partial charge is 0.303 e. The fourth-order valence-corrected chi connectivity index (χ4v) is 1.54. The molecule has 0 aromatic heterocycles. The molecule has 96 valence electrons. The Morgan fingerprint density at radius 1 is 1.31 bits per heavy atom. The molecule has 5 nitrogen and oxygen atoms in total. The molecule has 5 heteroatoms. The second kappa shape index (κ2) is 9.57. The predicted octanol–water partition coefficient (Wildman–Crippen LogP) is 0.306. The minimum Gasteiger partial charge on any atom is -0.481 e. The molecule has 0 aliphatic rings. The van der Waals surface area contributed by atoms with Gasteiger partial charge in [0, 0.05) is 26.1 Å². The van der Waals surface area contributed by atoms with E-state index in [9.17, 15) is 9.90 Å². The van der Waals surface area contributed by atoms with Gasteiger partial charge in [0.05, 0.1) is 6.10 Å². The van der Waals surface area contributed by atoms with Crippen LogP contribution in [0.5, 0.6) is 0 Å². The molecule has 16 heavy (non-hydrogen) atoms. The van der Waals surface area contributed by atoms with E-state index < -0.39 is 12.1 Å². The lowest BCUT2D eigenvalue weighted by Gasteiger charge is -2.19. The summed E-state index contributed by atoms with van der Waals surface area (Å²) in [6.07, 6.45) is 2.47. The summed E-state index contributed by atoms with van der Waals surface area (Å²) in [7, 11) is 1.90. The summed E-state index contributed by atoms with van der Waals surface area (Å²) >= 11 is 0. The molecular formula is C11H23NO4. The second-order valence-corrected chi connectivity index (χ2v) is 4.13. The van der Waals surface area contributed by atoms with E-state index in [-0.39, 0.29) is 13.0 Å². The van der Waals surface area contributed by atoms with Crippen molar-refractivity contribution in [3.05, 3.63) is 0 Å². The van der Waals surface area contributed by atoms with Crippen molar-refractivity contribution in [1.82, 2.24) is 4.90 Å². The lowest BCUT2D eigenvalue weighted by molar-refractivity contribution is -0.137. The van der Waals surface area contributed by atoms with Crippen LogP contribution in [-0.2, 0) is 4.79 Å². The molecule has 0 bridgehead atoms. The minimum absolute atomic E-state index is 0.166. The van der Waals surface area contributed by atoms with E-state index in [2.05, 4.69) is 0 Å². The maximum Gasteiger partial charge on any atom is 0.303 e. The van der Waals surface area contributed by atoms with Crippen LogP contribution in [0.3, 0.4) is 0 Å². The third-order valence-corrected chi connectivity index (χ3v) is 2.40. The lowest BCUT2D eigenvalue weighted by Crippen LogP contribution is -2.30. The molecule has 0 aromatic rings. The number of aliphatic hydroxyl groups excluding tert-OH is 2. The van der Waals surface area contributed by atoms with Gasteiger partial charge in [-0.2, -0.15) is 0 Å². The van der Waals surface area contributed by atoms with Crippen molar-refractivity contribution in [3.63, 3.8) is 0 Å². The van der Waals surface area contributed by atoms with Gasteiger partial charge in [-0.3, -0.25) is 4.79 Å². The van der Waals surface area contributed by atoms with Gasteiger partial charge in [0.1, 0.15) is 0 Å². The molecule has 0 aromatic carbocycles. The van der Waals surface area contributed by atoms with E-state index in [1.165, 1.54) is 0 Å². The van der Waals surface area contributed by atoms with Gasteiger partial charge < -0.3 is 20.2 Å². The van der Waals surface area contributed by atoms with Crippen molar-refractivity contribution in [3.8, 4) is 0 Å². The van der Waals surface area contributed by atoms with Crippen molar-refractivity contribution in [2.75, 3.05) is 26.7 Å². The number of carboxylic acids is 1. The highest BCUT2D eigenvalue weighted by Crippen LogP contribution is 2.05. The number of rotatable bonds is 10. The number of hydrogen-bond acceptors (Lipinski definition) is 4. The number of likely N-dealkylation sites (N-methyl/N-ethyl adjacent to an activating group) is 1. The summed E-state index contributed by atoms with van der Waals surface area (Å²) in [6, 6.07) is 0. The Kier molecular flexibility index (Phi) is 9.18. The van der Waals surface area contributed by atoms with Crippen molar-refractivity contribution in [2.24, 2.45) is 0 Å². The van der Waals surface area contributed by atoms with E-state index in [1.807, 2.05) is 11.9 Å². The molecule has 0 aliphatic heterocycles. The lowest BCUT2D eigenvalue weighted by atomic mass is 10.1. The molecule has 0 saturated carbocycles. The Bertz CT molecular complexity index is 187. The van der Waals surface area contributed by atoms with Crippen molar-refractivity contribution >= 4 is 5.97 Å². The van der Waals surface area contributed by atoms with Gasteiger partial charge >= 0.3 is 5.97 Å². The Labute approximate surface area is 96.7 Å². The van der Waals surface area contributed by atoms with Gasteiger partial charge in [-0.1, -0.05) is 6.42 Å². The predicted molar refractivity (Wildman–Crippen MR) is 61.3 cm³/mol. The van der Waals surface area contributed by atoms with E-state index >= 15 is 0 Å². The normalized spacial score (nSPS) is 13.0. The van der Waals surface area contributed by atoms with E-state index in [0.717, 1.165) is 13.0 Å². The Morgan fingerprint density at radius 2 is 2.00 bits per heavy atom. The average Bonchev–Trinajstić information content (AvgIpc) is 2.21. The summed E-state index contributed by atoms with van der Waals surface area (Å²) in [5.41, 5.74) is 0. The quantitative estimate of drug-likeness (QED) is 0.473. The highest BCUT2D eigenvalue weighted by atomic mass is 16.4. The van der Waals surface area contributed by atoms with Crippen LogP contribution in [0, 0.1) is 0 Å². The summed E-state index contributed by atoms with van der Waals surface area (Å²) in [5, 5.41) is 26.7. The number of aliphatic carboxylic acids is 1. The number of aliphatic hydroxyl groups is 2. The van der Waals surface area contributed by atoms with E-state index in [1.54, 1.807) is 0 Å². The van der Waals surface area contributed by atoms with Crippen molar-refractivity contribution in [2.45, 2.75) is 38.2 Å². The van der Waals surface area contributed by atoms with Crippen LogP contribution in [0.2, 0.25) is 0 Å². The van der Waals surface area contributed by atoms with Crippen molar-refractivity contribution in [1.29, 1.82) is 0 Å². The van der Waals surface area contributed by atoms with Crippen LogP contribution < -0.4 is 0 Å². The number of nitrogens with zero attached hydrogens (tertiary/aromatic N) is 1. The highest BCUT2D eigenvalue weighted by molar-refractivity contribution is 5.66. The van der Waals surface area contributed by atoms with Crippen LogP contribution in [0.15, 0.2) is 0 Å². The zero-order valence-corrected chi connectivity index (χ0v) is 9.93. The van der Waals surface area contributed by atoms with Crippen LogP contribution in [-0.4, -0.2) is 59.0 Å². The SMILES string of the molecule is CN(CCCO)CC(O)CCCCC(=O)O. The van der Waals surface area contributed by atoms with Gasteiger partial charge in [0.15, 0.2) is 0 Å². The van der Waals surface area contributed by atoms with Crippen LogP contribution >= 0.6 is 0 Å². The molecule has 0 amide bonds. The molecule has 0 heterocycles. The monoisotopic (exact) mass is 233 g/mol. The fourth-order valence-electron chi connectivity index (χ4n) is 1.54. The van der Waals surface area contributed by atoms with Crippen LogP contribution in [0.25, 0.3) is 0 Å². The van der Waals surface area contributed by atoms with Gasteiger partial charge in [-0.15, -0.1) is 0 Å². The fraction of sp³-hybridized carbons (Fsp3) is 0.909. The van der Waals surface area contributed by atoms with Gasteiger partial charge in [-0.05, 0) is 26.3 Å². The zero-order chi connectivity index (χ0) is 12.4.